The van der Waals surface area contributed by atoms with Gasteiger partial charge in [-0.05, 0) is 25.2 Å². The molecule has 0 atom stereocenters. The van der Waals surface area contributed by atoms with Gasteiger partial charge in [-0.25, -0.2) is 25.6 Å². The molecule has 3 aromatic rings. The number of hydrogen-bond acceptors (Lipinski definition) is 4. The zero-order chi connectivity index (χ0) is 23.8. The number of benzene rings is 2. The van der Waals surface area contributed by atoms with E-state index < -0.39 is 55.4 Å². The number of rotatable bonds is 6. The Balaban J connectivity index is 0.00000385. The van der Waals surface area contributed by atoms with Gasteiger partial charge in [0, 0.05) is 30.4 Å². The molecule has 0 saturated carbocycles. The van der Waals surface area contributed by atoms with E-state index in [1.54, 1.807) is 0 Å². The number of aromatic nitrogens is 1. The molecule has 0 amide bonds. The van der Waals surface area contributed by atoms with Gasteiger partial charge in [0.1, 0.15) is 28.9 Å². The first-order valence-electron chi connectivity index (χ1n) is 8.92. The van der Waals surface area contributed by atoms with E-state index in [1.165, 1.54) is 7.05 Å². The maximum Gasteiger partial charge on any atom is 0.416 e. The molecule has 5 nitrogen and oxygen atoms in total. The van der Waals surface area contributed by atoms with Crippen LogP contribution in [0.5, 0.6) is 5.75 Å². The molecule has 0 radical (unpaired) electrons. The topological polar surface area (TPSA) is 60.3 Å². The molecule has 0 aliphatic carbocycles. The summed E-state index contributed by atoms with van der Waals surface area (Å²) in [5.74, 6) is -4.33. The van der Waals surface area contributed by atoms with E-state index in [1.807, 2.05) is 0 Å². The molecule has 0 aliphatic rings. The number of alkyl halides is 3. The van der Waals surface area contributed by atoms with Crippen molar-refractivity contribution in [2.24, 2.45) is 0 Å². The molecule has 33 heavy (non-hydrogen) atoms. The second-order valence-electron chi connectivity index (χ2n) is 6.64. The van der Waals surface area contributed by atoms with E-state index in [2.05, 4.69) is 5.32 Å². The highest BCUT2D eigenvalue weighted by molar-refractivity contribution is 7.90. The smallest absolute Gasteiger partial charge is 0.416 e. The fourth-order valence-electron chi connectivity index (χ4n) is 3.19. The number of halogens is 7. The lowest BCUT2D eigenvalue weighted by atomic mass is 10.1. The van der Waals surface area contributed by atoms with Gasteiger partial charge in [0.2, 0.25) is 0 Å². The molecule has 1 N–H and O–H groups in total. The first kappa shape index (κ1) is 26.6. The van der Waals surface area contributed by atoms with E-state index in [0.29, 0.717) is 28.2 Å². The molecule has 1 aromatic heterocycles. The maximum atomic E-state index is 14.6. The van der Waals surface area contributed by atoms with Crippen molar-refractivity contribution in [2.45, 2.75) is 17.6 Å². The molecule has 0 bridgehead atoms. The van der Waals surface area contributed by atoms with Crippen LogP contribution < -0.4 is 10.1 Å². The Kier molecular flexibility index (Phi) is 7.77. The highest BCUT2D eigenvalue weighted by atomic mass is 35.5. The van der Waals surface area contributed by atoms with Gasteiger partial charge < -0.3 is 10.1 Å². The van der Waals surface area contributed by atoms with Crippen LogP contribution in [-0.4, -0.2) is 26.5 Å². The van der Waals surface area contributed by atoms with Gasteiger partial charge in [-0.2, -0.15) is 13.2 Å². The Hall–Kier alpha value is -2.70. The molecule has 0 aliphatic heterocycles. The Bertz CT molecular complexity index is 1250. The second kappa shape index (κ2) is 9.65. The van der Waals surface area contributed by atoms with Gasteiger partial charge in [-0.1, -0.05) is 6.07 Å². The highest BCUT2D eigenvalue weighted by Gasteiger charge is 2.34. The normalized spacial score (nSPS) is 11.9. The largest absolute Gasteiger partial charge is 0.494 e. The monoisotopic (exact) mass is 514 g/mol. The third-order valence-electron chi connectivity index (χ3n) is 4.53. The van der Waals surface area contributed by atoms with Crippen LogP contribution in [0.1, 0.15) is 11.1 Å². The summed E-state index contributed by atoms with van der Waals surface area (Å²) in [6.07, 6.45) is -3.85. The highest BCUT2D eigenvalue weighted by Crippen LogP contribution is 2.41. The van der Waals surface area contributed by atoms with Gasteiger partial charge >= 0.3 is 6.18 Å². The molecular weight excluding hydrogens is 498 g/mol. The van der Waals surface area contributed by atoms with Crippen LogP contribution in [-0.2, 0) is 22.7 Å². The quantitative estimate of drug-likeness (QED) is 0.472. The van der Waals surface area contributed by atoms with Crippen molar-refractivity contribution in [2.75, 3.05) is 14.2 Å². The summed E-state index contributed by atoms with van der Waals surface area (Å²) in [5.41, 5.74) is -2.64. The fraction of sp³-hybridized carbons (Fsp3) is 0.200. The zero-order valence-electron chi connectivity index (χ0n) is 17.0. The SMILES string of the molecule is CNCc1cn(S(=O)(=O)c2cccc(C(F)(F)F)c2)c(-c2c(F)cc(F)cc2F)c1OC.Cl. The van der Waals surface area contributed by atoms with Gasteiger partial charge in [0.25, 0.3) is 10.0 Å². The van der Waals surface area contributed by atoms with Crippen molar-refractivity contribution in [1.82, 2.24) is 9.29 Å². The summed E-state index contributed by atoms with van der Waals surface area (Å²) in [5, 5.41) is 2.72. The standard InChI is InChI=1S/C20H16F6N2O3S.ClH/c1-27-9-11-10-28(32(29,30)14-5-3-4-12(6-14)20(24,25)26)18(19(11)31-2)17-15(22)7-13(21)8-16(17)23;/h3-8,10,27H,9H2,1-2H3;1H. The molecule has 1 heterocycles. The Labute approximate surface area is 191 Å². The van der Waals surface area contributed by atoms with E-state index in [4.69, 9.17) is 4.74 Å². The van der Waals surface area contributed by atoms with Crippen molar-refractivity contribution < 1.29 is 39.5 Å². The van der Waals surface area contributed by atoms with Crippen LogP contribution in [0.15, 0.2) is 47.5 Å². The predicted octanol–water partition coefficient (Wildman–Crippen LogP) is 4.98. The lowest BCUT2D eigenvalue weighted by molar-refractivity contribution is -0.137. The van der Waals surface area contributed by atoms with Gasteiger partial charge in [0.15, 0.2) is 0 Å². The molecule has 0 unspecified atom stereocenters. The summed E-state index contributed by atoms with van der Waals surface area (Å²) in [4.78, 5) is -0.773. The first-order chi connectivity index (χ1) is 14.9. The van der Waals surface area contributed by atoms with Crippen molar-refractivity contribution in [3.8, 4) is 17.0 Å². The number of ether oxygens (including phenoxy) is 1. The van der Waals surface area contributed by atoms with E-state index in [-0.39, 0.29) is 30.3 Å². The van der Waals surface area contributed by atoms with Gasteiger partial charge in [-0.3, -0.25) is 0 Å². The van der Waals surface area contributed by atoms with Crippen LogP contribution in [0.3, 0.4) is 0 Å². The van der Waals surface area contributed by atoms with Crippen LogP contribution in [0, 0.1) is 17.5 Å². The summed E-state index contributed by atoms with van der Waals surface area (Å²) in [6, 6.07) is 3.59. The molecule has 13 heteroatoms. The molecule has 2 aromatic carbocycles. The van der Waals surface area contributed by atoms with Crippen LogP contribution in [0.2, 0.25) is 0 Å². The minimum absolute atomic E-state index is 0. The Morgan fingerprint density at radius 3 is 2.18 bits per heavy atom. The lowest BCUT2D eigenvalue weighted by Crippen LogP contribution is -2.16. The van der Waals surface area contributed by atoms with Crippen molar-refractivity contribution >= 4 is 22.4 Å². The van der Waals surface area contributed by atoms with E-state index >= 15 is 0 Å². The predicted molar refractivity (Wildman–Crippen MR) is 110 cm³/mol. The summed E-state index contributed by atoms with van der Waals surface area (Å²) in [6.45, 7) is -0.00822. The molecule has 3 rings (SSSR count). The van der Waals surface area contributed by atoms with E-state index in [9.17, 15) is 34.8 Å². The first-order valence-corrected chi connectivity index (χ1v) is 10.4. The van der Waals surface area contributed by atoms with Gasteiger partial charge in [0.05, 0.1) is 23.1 Å². The molecular formula is C20H17ClF6N2O3S. The van der Waals surface area contributed by atoms with Crippen molar-refractivity contribution in [3.63, 3.8) is 0 Å². The lowest BCUT2D eigenvalue weighted by Gasteiger charge is -2.15. The minimum Gasteiger partial charge on any atom is -0.494 e. The van der Waals surface area contributed by atoms with Crippen LogP contribution in [0.4, 0.5) is 26.3 Å². The molecule has 0 saturated heterocycles. The fourth-order valence-corrected chi connectivity index (χ4v) is 4.62. The molecule has 0 fully saturated rings. The average Bonchev–Trinajstić information content (AvgIpc) is 3.05. The zero-order valence-corrected chi connectivity index (χ0v) is 18.6. The number of nitrogens with zero attached hydrogens (tertiary/aromatic N) is 1. The number of hydrogen-bond donors (Lipinski definition) is 1. The van der Waals surface area contributed by atoms with Crippen LogP contribution >= 0.6 is 12.4 Å². The van der Waals surface area contributed by atoms with Crippen molar-refractivity contribution in [1.29, 1.82) is 0 Å². The minimum atomic E-state index is -4.82. The van der Waals surface area contributed by atoms with E-state index in [0.717, 1.165) is 25.4 Å². The maximum absolute atomic E-state index is 14.6. The Morgan fingerprint density at radius 2 is 1.67 bits per heavy atom. The van der Waals surface area contributed by atoms with Crippen molar-refractivity contribution in [3.05, 3.63) is 71.2 Å². The van der Waals surface area contributed by atoms with Gasteiger partial charge in [-0.15, -0.1) is 12.4 Å². The number of methoxy groups -OCH3 is 1. The third-order valence-corrected chi connectivity index (χ3v) is 6.19. The third kappa shape index (κ3) is 4.97. The summed E-state index contributed by atoms with van der Waals surface area (Å²) < 4.78 is 114. The molecule has 0 spiro atoms. The Morgan fingerprint density at radius 1 is 1.06 bits per heavy atom. The molecule has 180 valence electrons. The number of nitrogens with one attached hydrogen (secondary N) is 1. The summed E-state index contributed by atoms with van der Waals surface area (Å²) in [7, 11) is -2.16. The van der Waals surface area contributed by atoms with Crippen LogP contribution in [0.25, 0.3) is 11.3 Å². The average molecular weight is 515 g/mol. The second-order valence-corrected chi connectivity index (χ2v) is 8.45. The summed E-state index contributed by atoms with van der Waals surface area (Å²) >= 11 is 0.